The van der Waals surface area contributed by atoms with Gasteiger partial charge in [0.1, 0.15) is 0 Å². The van der Waals surface area contributed by atoms with E-state index in [9.17, 15) is 13.2 Å². The quantitative estimate of drug-likeness (QED) is 0.790. The Bertz CT molecular complexity index is 679. The SMILES string of the molecule is CCNS(=O)(=O)c1ccc(C)c(C(=O)N2CCCC2CNC)c1.Cl. The molecule has 0 spiro atoms. The van der Waals surface area contributed by atoms with E-state index < -0.39 is 10.0 Å². The maximum absolute atomic E-state index is 12.9. The predicted molar refractivity (Wildman–Crippen MR) is 97.3 cm³/mol. The molecule has 0 saturated carbocycles. The van der Waals surface area contributed by atoms with Crippen molar-refractivity contribution in [1.82, 2.24) is 14.9 Å². The van der Waals surface area contributed by atoms with Gasteiger partial charge in [0.05, 0.1) is 4.90 Å². The Morgan fingerprint density at radius 3 is 2.71 bits per heavy atom. The highest BCUT2D eigenvalue weighted by Crippen LogP contribution is 2.23. The van der Waals surface area contributed by atoms with Gasteiger partial charge in [0.15, 0.2) is 0 Å². The second-order valence-electron chi connectivity index (χ2n) is 5.83. The van der Waals surface area contributed by atoms with Crippen molar-refractivity contribution in [3.05, 3.63) is 29.3 Å². The second kappa shape index (κ2) is 8.80. The number of benzene rings is 1. The lowest BCUT2D eigenvalue weighted by Crippen LogP contribution is -2.41. The summed E-state index contributed by atoms with van der Waals surface area (Å²) in [5.41, 5.74) is 1.26. The number of carbonyl (C=O) groups excluding carboxylic acids is 1. The molecule has 1 fully saturated rings. The van der Waals surface area contributed by atoms with E-state index >= 15 is 0 Å². The topological polar surface area (TPSA) is 78.5 Å². The summed E-state index contributed by atoms with van der Waals surface area (Å²) in [6.07, 6.45) is 1.95. The average molecular weight is 376 g/mol. The summed E-state index contributed by atoms with van der Waals surface area (Å²) in [7, 11) is -1.69. The van der Waals surface area contributed by atoms with Gasteiger partial charge in [-0.3, -0.25) is 4.79 Å². The molecule has 1 atom stereocenters. The molecule has 0 aromatic heterocycles. The zero-order valence-electron chi connectivity index (χ0n) is 14.3. The second-order valence-corrected chi connectivity index (χ2v) is 7.60. The van der Waals surface area contributed by atoms with Crippen LogP contribution in [0.5, 0.6) is 0 Å². The van der Waals surface area contributed by atoms with Gasteiger partial charge in [-0.25, -0.2) is 13.1 Å². The molecule has 1 aliphatic heterocycles. The summed E-state index contributed by atoms with van der Waals surface area (Å²) in [5.74, 6) is -0.0891. The van der Waals surface area contributed by atoms with Gasteiger partial charge in [-0.15, -0.1) is 12.4 Å². The first-order valence-electron chi connectivity index (χ1n) is 7.96. The fourth-order valence-corrected chi connectivity index (χ4v) is 4.04. The van der Waals surface area contributed by atoms with Crippen LogP contribution in [0.4, 0.5) is 0 Å². The van der Waals surface area contributed by atoms with Gasteiger partial charge in [-0.1, -0.05) is 13.0 Å². The molecule has 1 aromatic rings. The van der Waals surface area contributed by atoms with Crippen LogP contribution >= 0.6 is 12.4 Å². The summed E-state index contributed by atoms with van der Waals surface area (Å²) in [6, 6.07) is 4.89. The standard InChI is InChI=1S/C16H25N3O3S.ClH/c1-4-18-23(21,22)14-8-7-12(2)15(10-14)16(20)19-9-5-6-13(19)11-17-3;/h7-8,10,13,17-18H,4-6,9,11H2,1-3H3;1H. The molecule has 1 heterocycles. The minimum atomic E-state index is -3.56. The number of halogens is 1. The molecular formula is C16H26ClN3O3S. The summed E-state index contributed by atoms with van der Waals surface area (Å²) in [5, 5.41) is 3.11. The normalized spacial score (nSPS) is 17.6. The van der Waals surface area contributed by atoms with E-state index in [1.807, 2.05) is 18.9 Å². The zero-order valence-corrected chi connectivity index (χ0v) is 16.0. The van der Waals surface area contributed by atoms with Crippen molar-refractivity contribution in [3.8, 4) is 0 Å². The van der Waals surface area contributed by atoms with E-state index in [0.717, 1.165) is 31.5 Å². The number of carbonyl (C=O) groups is 1. The first kappa shape index (κ1) is 20.9. The third-order valence-electron chi connectivity index (χ3n) is 4.16. The van der Waals surface area contributed by atoms with Crippen molar-refractivity contribution in [3.63, 3.8) is 0 Å². The molecule has 8 heteroatoms. The van der Waals surface area contributed by atoms with Crippen molar-refractivity contribution in [2.24, 2.45) is 0 Å². The molecule has 1 unspecified atom stereocenters. The lowest BCUT2D eigenvalue weighted by atomic mass is 10.1. The van der Waals surface area contributed by atoms with Gasteiger partial charge in [0, 0.05) is 31.2 Å². The molecule has 136 valence electrons. The summed E-state index contributed by atoms with van der Waals surface area (Å²) in [6.45, 7) is 5.34. The zero-order chi connectivity index (χ0) is 17.0. The molecule has 0 bridgehead atoms. The molecule has 6 nitrogen and oxygen atoms in total. The summed E-state index contributed by atoms with van der Waals surface area (Å²) in [4.78, 5) is 14.9. The van der Waals surface area contributed by atoms with E-state index in [2.05, 4.69) is 10.0 Å². The first-order valence-corrected chi connectivity index (χ1v) is 9.45. The van der Waals surface area contributed by atoms with Crippen molar-refractivity contribution in [2.75, 3.05) is 26.7 Å². The maximum Gasteiger partial charge on any atom is 0.254 e. The Morgan fingerprint density at radius 2 is 2.08 bits per heavy atom. The van der Waals surface area contributed by atoms with Crippen LogP contribution < -0.4 is 10.0 Å². The minimum absolute atomic E-state index is 0. The van der Waals surface area contributed by atoms with E-state index in [-0.39, 0.29) is 29.3 Å². The van der Waals surface area contributed by atoms with Crippen LogP contribution in [0.3, 0.4) is 0 Å². The Kier molecular flexibility index (Phi) is 7.66. The molecule has 1 aromatic carbocycles. The smallest absolute Gasteiger partial charge is 0.254 e. The number of nitrogens with one attached hydrogen (secondary N) is 2. The van der Waals surface area contributed by atoms with Gasteiger partial charge in [0.2, 0.25) is 10.0 Å². The third-order valence-corrected chi connectivity index (χ3v) is 5.71. The Hall–Kier alpha value is -1.15. The highest BCUT2D eigenvalue weighted by Gasteiger charge is 2.30. The monoisotopic (exact) mass is 375 g/mol. The van der Waals surface area contributed by atoms with Crippen LogP contribution in [-0.4, -0.2) is 51.9 Å². The van der Waals surface area contributed by atoms with Gasteiger partial charge in [-0.2, -0.15) is 0 Å². The molecule has 1 aliphatic rings. The molecule has 2 rings (SSSR count). The van der Waals surface area contributed by atoms with E-state index in [1.54, 1.807) is 19.1 Å². The minimum Gasteiger partial charge on any atom is -0.334 e. The van der Waals surface area contributed by atoms with Crippen molar-refractivity contribution in [2.45, 2.75) is 37.6 Å². The number of nitrogens with zero attached hydrogens (tertiary/aromatic N) is 1. The number of amides is 1. The summed E-state index contributed by atoms with van der Waals surface area (Å²) < 4.78 is 26.8. The highest BCUT2D eigenvalue weighted by molar-refractivity contribution is 7.89. The predicted octanol–water partition coefficient (Wildman–Crippen LogP) is 1.54. The Balaban J connectivity index is 0.00000288. The van der Waals surface area contributed by atoms with Crippen LogP contribution in [0.25, 0.3) is 0 Å². The van der Waals surface area contributed by atoms with Gasteiger partial charge in [-0.05, 0) is 44.5 Å². The van der Waals surface area contributed by atoms with E-state index in [4.69, 9.17) is 0 Å². The molecule has 1 amide bonds. The van der Waals surface area contributed by atoms with Crippen LogP contribution in [0.1, 0.15) is 35.7 Å². The molecule has 24 heavy (non-hydrogen) atoms. The number of likely N-dealkylation sites (N-methyl/N-ethyl adjacent to an activating group) is 1. The number of aryl methyl sites for hydroxylation is 1. The molecule has 0 aliphatic carbocycles. The van der Waals surface area contributed by atoms with E-state index in [0.29, 0.717) is 12.1 Å². The number of sulfonamides is 1. The molecule has 0 radical (unpaired) electrons. The highest BCUT2D eigenvalue weighted by atomic mass is 35.5. The van der Waals surface area contributed by atoms with Crippen LogP contribution in [0.15, 0.2) is 23.1 Å². The van der Waals surface area contributed by atoms with Crippen molar-refractivity contribution < 1.29 is 13.2 Å². The van der Waals surface area contributed by atoms with Crippen molar-refractivity contribution in [1.29, 1.82) is 0 Å². The molecule has 2 N–H and O–H groups in total. The lowest BCUT2D eigenvalue weighted by molar-refractivity contribution is 0.0736. The number of hydrogen-bond acceptors (Lipinski definition) is 4. The summed E-state index contributed by atoms with van der Waals surface area (Å²) >= 11 is 0. The van der Waals surface area contributed by atoms with Gasteiger partial charge < -0.3 is 10.2 Å². The third kappa shape index (κ3) is 4.47. The van der Waals surface area contributed by atoms with Crippen LogP contribution in [0.2, 0.25) is 0 Å². The lowest BCUT2D eigenvalue weighted by Gasteiger charge is -2.25. The van der Waals surface area contributed by atoms with Gasteiger partial charge >= 0.3 is 0 Å². The Labute approximate surface area is 150 Å². The van der Waals surface area contributed by atoms with E-state index in [1.165, 1.54) is 6.07 Å². The number of rotatable bonds is 6. The fraction of sp³-hybridized carbons (Fsp3) is 0.562. The first-order chi connectivity index (χ1) is 10.9. The van der Waals surface area contributed by atoms with Crippen molar-refractivity contribution >= 4 is 28.3 Å². The fourth-order valence-electron chi connectivity index (χ4n) is 2.98. The van der Waals surface area contributed by atoms with Crippen LogP contribution in [-0.2, 0) is 10.0 Å². The average Bonchev–Trinajstić information content (AvgIpc) is 2.95. The number of hydrogen-bond donors (Lipinski definition) is 2. The molecule has 1 saturated heterocycles. The van der Waals surface area contributed by atoms with Gasteiger partial charge in [0.25, 0.3) is 5.91 Å². The Morgan fingerprint density at radius 1 is 1.38 bits per heavy atom. The maximum atomic E-state index is 12.9. The van der Waals surface area contributed by atoms with Crippen LogP contribution in [0, 0.1) is 6.92 Å². The number of likely N-dealkylation sites (tertiary alicyclic amines) is 1. The largest absolute Gasteiger partial charge is 0.334 e. The molecular weight excluding hydrogens is 350 g/mol.